The van der Waals surface area contributed by atoms with Crippen LogP contribution in [0.25, 0.3) is 0 Å². The van der Waals surface area contributed by atoms with Crippen molar-refractivity contribution >= 4 is 21.7 Å². The third-order valence-electron chi connectivity index (χ3n) is 3.36. The van der Waals surface area contributed by atoms with E-state index >= 15 is 0 Å². The molecule has 1 rings (SSSR count). The van der Waals surface area contributed by atoms with Gasteiger partial charge >= 0.3 is 0 Å². The first-order valence-corrected chi connectivity index (χ1v) is 9.13. The lowest BCUT2D eigenvalue weighted by Crippen LogP contribution is -2.31. The van der Waals surface area contributed by atoms with Crippen LogP contribution in [0.4, 0.5) is 8.78 Å². The first-order valence-electron chi connectivity index (χ1n) is 7.64. The number of hydrogen-bond donors (Lipinski definition) is 1. The summed E-state index contributed by atoms with van der Waals surface area (Å²) < 4.78 is 53.7. The molecule has 0 saturated heterocycles. The molecule has 1 amide bonds. The number of sulfonamides is 1. The van der Waals surface area contributed by atoms with E-state index in [1.165, 1.54) is 0 Å². The molecule has 0 heterocycles. The molecule has 134 valence electrons. The molecule has 0 saturated carbocycles. The molecule has 0 radical (unpaired) electrons. The lowest BCUT2D eigenvalue weighted by molar-refractivity contribution is -0.122. The first kappa shape index (κ1) is 20.2. The predicted molar refractivity (Wildman–Crippen MR) is 84.8 cm³/mol. The fourth-order valence-electron chi connectivity index (χ4n) is 2.05. The van der Waals surface area contributed by atoms with Crippen molar-refractivity contribution < 1.29 is 26.8 Å². The Bertz CT molecular complexity index is 707. The minimum absolute atomic E-state index is 0.0562. The lowest BCUT2D eigenvalue weighted by Gasteiger charge is -2.10. The quantitative estimate of drug-likeness (QED) is 0.772. The third-order valence-corrected chi connectivity index (χ3v) is 4.78. The van der Waals surface area contributed by atoms with Gasteiger partial charge in [0.05, 0.1) is 0 Å². The van der Waals surface area contributed by atoms with Crippen LogP contribution >= 0.6 is 0 Å². The van der Waals surface area contributed by atoms with Crippen LogP contribution in [0.3, 0.4) is 0 Å². The van der Waals surface area contributed by atoms with Gasteiger partial charge in [-0.15, -0.1) is 0 Å². The average Bonchev–Trinajstić information content (AvgIpc) is 2.42. The van der Waals surface area contributed by atoms with E-state index in [4.69, 9.17) is 0 Å². The largest absolute Gasteiger partial charge is 0.299 e. The summed E-state index contributed by atoms with van der Waals surface area (Å²) in [5, 5.41) is 0. The van der Waals surface area contributed by atoms with Crippen LogP contribution in [0.1, 0.15) is 45.6 Å². The summed E-state index contributed by atoms with van der Waals surface area (Å²) in [6.45, 7) is 5.11. The van der Waals surface area contributed by atoms with Crippen molar-refractivity contribution in [3.63, 3.8) is 0 Å². The topological polar surface area (TPSA) is 80.3 Å². The van der Waals surface area contributed by atoms with Crippen molar-refractivity contribution in [2.75, 3.05) is 0 Å². The second kappa shape index (κ2) is 8.32. The van der Waals surface area contributed by atoms with E-state index in [-0.39, 0.29) is 36.5 Å². The number of hydrogen-bond acceptors (Lipinski definition) is 4. The van der Waals surface area contributed by atoms with Crippen molar-refractivity contribution in [2.45, 2.75) is 51.3 Å². The summed E-state index contributed by atoms with van der Waals surface area (Å²) in [7, 11) is -4.62. The second-order valence-corrected chi connectivity index (χ2v) is 7.41. The first-order chi connectivity index (χ1) is 11.1. The molecule has 1 aromatic rings. The maximum absolute atomic E-state index is 14.1. The second-order valence-electron chi connectivity index (χ2n) is 5.79. The molecule has 0 unspecified atom stereocenters. The highest BCUT2D eigenvalue weighted by molar-refractivity contribution is 7.90. The zero-order valence-corrected chi connectivity index (χ0v) is 14.7. The highest BCUT2D eigenvalue weighted by atomic mass is 32.2. The highest BCUT2D eigenvalue weighted by Gasteiger charge is 2.26. The number of aryl methyl sites for hydroxylation is 1. The lowest BCUT2D eigenvalue weighted by atomic mass is 10.0. The molecule has 24 heavy (non-hydrogen) atoms. The Kier molecular flexibility index (Phi) is 7.01. The molecule has 0 aliphatic rings. The number of Topliss-reactive ketones (excluding diaryl/α,β-unsaturated/α-hetero) is 1. The molecule has 0 spiro atoms. The van der Waals surface area contributed by atoms with Crippen molar-refractivity contribution in [3.05, 3.63) is 29.3 Å². The van der Waals surface area contributed by atoms with Crippen molar-refractivity contribution in [1.82, 2.24) is 4.72 Å². The molecule has 0 atom stereocenters. The summed E-state index contributed by atoms with van der Waals surface area (Å²) in [5.41, 5.74) is 0.179. The normalized spacial score (nSPS) is 11.6. The smallest absolute Gasteiger partial charge is 0.269 e. The minimum atomic E-state index is -4.62. The Morgan fingerprint density at radius 3 is 2.12 bits per heavy atom. The highest BCUT2D eigenvalue weighted by Crippen LogP contribution is 2.22. The fraction of sp³-hybridized carbons (Fsp3) is 0.500. The van der Waals surface area contributed by atoms with Crippen LogP contribution < -0.4 is 4.72 Å². The Labute approximate surface area is 140 Å². The zero-order valence-electron chi connectivity index (χ0n) is 13.9. The van der Waals surface area contributed by atoms with Gasteiger partial charge in [0.1, 0.15) is 17.4 Å². The van der Waals surface area contributed by atoms with Crippen molar-refractivity contribution in [1.29, 1.82) is 0 Å². The average molecular weight is 361 g/mol. The molecule has 1 aromatic carbocycles. The molecule has 0 aliphatic carbocycles. The van der Waals surface area contributed by atoms with E-state index in [2.05, 4.69) is 0 Å². The maximum atomic E-state index is 14.1. The van der Waals surface area contributed by atoms with Gasteiger partial charge in [-0.1, -0.05) is 20.8 Å². The number of benzene rings is 1. The van der Waals surface area contributed by atoms with Crippen LogP contribution in [-0.2, 0) is 26.0 Å². The number of carbonyl (C=O) groups excluding carboxylic acids is 2. The molecule has 0 aromatic heterocycles. The van der Waals surface area contributed by atoms with Crippen LogP contribution in [0.2, 0.25) is 0 Å². The van der Waals surface area contributed by atoms with Gasteiger partial charge in [0.2, 0.25) is 5.91 Å². The summed E-state index contributed by atoms with van der Waals surface area (Å²) >= 11 is 0. The summed E-state index contributed by atoms with van der Waals surface area (Å²) in [6.07, 6.45) is 0.538. The van der Waals surface area contributed by atoms with E-state index in [1.54, 1.807) is 25.5 Å². The van der Waals surface area contributed by atoms with Gasteiger partial charge in [0.15, 0.2) is 4.90 Å². The number of carbonyl (C=O) groups is 2. The van der Waals surface area contributed by atoms with Gasteiger partial charge in [0.25, 0.3) is 10.0 Å². The standard InChI is InChI=1S/C16H21F2NO4S/c1-4-5-15(21)19-24(22,23)16-12(17)8-11(9-13(16)18)6-7-14(20)10(2)3/h8-10H,4-7H2,1-3H3,(H,19,21). The molecule has 1 N–H and O–H groups in total. The van der Waals surface area contributed by atoms with Crippen LogP contribution in [0.5, 0.6) is 0 Å². The molecule has 0 fully saturated rings. The molecule has 5 nitrogen and oxygen atoms in total. The van der Waals surface area contributed by atoms with E-state index in [9.17, 15) is 26.8 Å². The number of ketones is 1. The monoisotopic (exact) mass is 361 g/mol. The van der Waals surface area contributed by atoms with Crippen LogP contribution in [0, 0.1) is 17.6 Å². The molecule has 0 bridgehead atoms. The molecular weight excluding hydrogens is 340 g/mol. The Morgan fingerprint density at radius 1 is 1.12 bits per heavy atom. The number of halogens is 2. The van der Waals surface area contributed by atoms with Crippen molar-refractivity contribution in [2.24, 2.45) is 5.92 Å². The fourth-order valence-corrected chi connectivity index (χ4v) is 3.18. The predicted octanol–water partition coefficient (Wildman–Crippen LogP) is 2.73. The zero-order chi connectivity index (χ0) is 18.5. The van der Waals surface area contributed by atoms with Crippen LogP contribution in [-0.4, -0.2) is 20.1 Å². The minimum Gasteiger partial charge on any atom is -0.299 e. The number of amides is 1. The number of nitrogens with one attached hydrogen (secondary N) is 1. The maximum Gasteiger partial charge on any atom is 0.269 e. The Balaban J connectivity index is 3.03. The summed E-state index contributed by atoms with van der Waals surface area (Å²) in [6, 6.07) is 1.74. The summed E-state index contributed by atoms with van der Waals surface area (Å²) in [5.74, 6) is -3.66. The van der Waals surface area contributed by atoms with Gasteiger partial charge in [-0.2, -0.15) is 0 Å². The van der Waals surface area contributed by atoms with Gasteiger partial charge in [-0.05, 0) is 30.5 Å². The Hall–Kier alpha value is -1.83. The van der Waals surface area contributed by atoms with E-state index in [0.717, 1.165) is 12.1 Å². The molecular formula is C16H21F2NO4S. The van der Waals surface area contributed by atoms with E-state index in [0.29, 0.717) is 6.42 Å². The molecule has 8 heteroatoms. The molecule has 0 aliphatic heterocycles. The van der Waals surface area contributed by atoms with E-state index in [1.807, 2.05) is 0 Å². The van der Waals surface area contributed by atoms with Gasteiger partial charge in [-0.25, -0.2) is 21.9 Å². The van der Waals surface area contributed by atoms with Crippen molar-refractivity contribution in [3.8, 4) is 0 Å². The third kappa shape index (κ3) is 5.36. The van der Waals surface area contributed by atoms with Crippen LogP contribution in [0.15, 0.2) is 17.0 Å². The SMILES string of the molecule is CCCC(=O)NS(=O)(=O)c1c(F)cc(CCC(=O)C(C)C)cc1F. The van der Waals surface area contributed by atoms with Gasteiger partial charge in [0, 0.05) is 18.8 Å². The Morgan fingerprint density at radius 2 is 1.67 bits per heavy atom. The van der Waals surface area contributed by atoms with E-state index < -0.39 is 32.5 Å². The number of rotatable bonds is 8. The van der Waals surface area contributed by atoms with Gasteiger partial charge < -0.3 is 0 Å². The van der Waals surface area contributed by atoms with Gasteiger partial charge in [-0.3, -0.25) is 9.59 Å². The summed E-state index contributed by atoms with van der Waals surface area (Å²) in [4.78, 5) is 21.8.